The number of nitrogens with zero attached hydrogens (tertiary/aromatic N) is 1. The molecule has 3 aromatic heterocycles. The zero-order valence-corrected chi connectivity index (χ0v) is 15.1. The van der Waals surface area contributed by atoms with Gasteiger partial charge >= 0.3 is 0 Å². The van der Waals surface area contributed by atoms with E-state index in [0.29, 0.717) is 9.90 Å². The van der Waals surface area contributed by atoms with Crippen LogP contribution in [0.3, 0.4) is 0 Å². The first-order valence-electron chi connectivity index (χ1n) is 7.14. The molecule has 4 rings (SSSR count). The van der Waals surface area contributed by atoms with Crippen molar-refractivity contribution < 1.29 is 8.42 Å². The first-order chi connectivity index (χ1) is 11.5. The first kappa shape index (κ1) is 15.4. The van der Waals surface area contributed by atoms with Gasteiger partial charge in [-0.15, -0.1) is 22.7 Å². The van der Waals surface area contributed by atoms with Crippen LogP contribution in [0.15, 0.2) is 52.2 Å². The third-order valence-electron chi connectivity index (χ3n) is 3.51. The van der Waals surface area contributed by atoms with Crippen LogP contribution < -0.4 is 4.72 Å². The van der Waals surface area contributed by atoms with Crippen molar-refractivity contribution in [2.75, 3.05) is 4.72 Å². The minimum atomic E-state index is -3.58. The Kier molecular flexibility index (Phi) is 3.67. The number of hydrogen-bond donors (Lipinski definition) is 2. The maximum atomic E-state index is 12.5. The maximum Gasteiger partial charge on any atom is 0.271 e. The molecule has 8 heteroatoms. The molecule has 0 amide bonds. The van der Waals surface area contributed by atoms with Crippen molar-refractivity contribution in [3.63, 3.8) is 0 Å². The summed E-state index contributed by atoms with van der Waals surface area (Å²) in [6, 6.07) is 10.8. The fourth-order valence-electron chi connectivity index (χ4n) is 2.45. The van der Waals surface area contributed by atoms with E-state index in [4.69, 9.17) is 0 Å². The normalized spacial score (nSPS) is 11.9. The molecule has 0 bridgehead atoms. The highest BCUT2D eigenvalue weighted by Gasteiger charge is 2.17. The second kappa shape index (κ2) is 5.73. The van der Waals surface area contributed by atoms with Crippen LogP contribution in [0.25, 0.3) is 21.6 Å². The minimum absolute atomic E-state index is 0.293. The lowest BCUT2D eigenvalue weighted by Crippen LogP contribution is -2.11. The molecule has 1 aromatic carbocycles. The molecule has 0 radical (unpaired) electrons. The molecule has 5 nitrogen and oxygen atoms in total. The highest BCUT2D eigenvalue weighted by Crippen LogP contribution is 2.32. The Hall–Kier alpha value is -2.16. The van der Waals surface area contributed by atoms with Gasteiger partial charge in [0.1, 0.15) is 9.22 Å². The predicted molar refractivity (Wildman–Crippen MR) is 99.3 cm³/mol. The molecule has 2 N–H and O–H groups in total. The van der Waals surface area contributed by atoms with E-state index in [9.17, 15) is 8.42 Å². The summed E-state index contributed by atoms with van der Waals surface area (Å²) in [5.41, 5.74) is 2.16. The lowest BCUT2D eigenvalue weighted by Gasteiger charge is -2.07. The third kappa shape index (κ3) is 2.72. The molecule has 0 spiro atoms. The number of anilines is 1. The lowest BCUT2D eigenvalue weighted by atomic mass is 10.2. The summed E-state index contributed by atoms with van der Waals surface area (Å²) >= 11 is 2.78. The number of benzene rings is 1. The molecule has 0 atom stereocenters. The van der Waals surface area contributed by atoms with Crippen molar-refractivity contribution in [2.45, 2.75) is 11.1 Å². The number of sulfonamides is 1. The fraction of sp³-hybridized carbons (Fsp3) is 0.0625. The van der Waals surface area contributed by atoms with Crippen LogP contribution in [-0.2, 0) is 10.0 Å². The van der Waals surface area contributed by atoms with Gasteiger partial charge in [-0.1, -0.05) is 18.2 Å². The molecular weight excluding hydrogens is 362 g/mol. The van der Waals surface area contributed by atoms with Crippen molar-refractivity contribution >= 4 is 49.3 Å². The molecular formula is C16H13N3O2S3. The number of aromatic nitrogens is 2. The average Bonchev–Trinajstić information content (AvgIpc) is 3.27. The van der Waals surface area contributed by atoms with E-state index < -0.39 is 10.0 Å². The van der Waals surface area contributed by atoms with Gasteiger partial charge in [-0.3, -0.25) is 4.72 Å². The topological polar surface area (TPSA) is 74.8 Å². The number of H-pyrrole nitrogens is 1. The molecule has 4 aromatic rings. The second-order valence-corrected chi connectivity index (χ2v) is 9.36. The number of aryl methyl sites for hydroxylation is 1. The van der Waals surface area contributed by atoms with Crippen molar-refractivity contribution in [1.82, 2.24) is 9.97 Å². The van der Waals surface area contributed by atoms with Crippen LogP contribution in [0, 0.1) is 6.92 Å². The highest BCUT2D eigenvalue weighted by molar-refractivity contribution is 7.94. The number of para-hydroxylation sites is 1. The summed E-state index contributed by atoms with van der Waals surface area (Å²) in [4.78, 5) is 8.79. The Morgan fingerprint density at radius 3 is 2.79 bits per heavy atom. The van der Waals surface area contributed by atoms with E-state index in [1.165, 1.54) is 11.3 Å². The van der Waals surface area contributed by atoms with Gasteiger partial charge in [-0.25, -0.2) is 13.4 Å². The molecule has 0 saturated carbocycles. The number of thiazole rings is 1. The van der Waals surface area contributed by atoms with Gasteiger partial charge in [0.05, 0.1) is 16.9 Å². The molecule has 0 unspecified atom stereocenters. The summed E-state index contributed by atoms with van der Waals surface area (Å²) in [6.45, 7) is 2.00. The molecule has 0 fully saturated rings. The van der Waals surface area contributed by atoms with Gasteiger partial charge in [0.25, 0.3) is 10.0 Å². The Balaban J connectivity index is 1.78. The van der Waals surface area contributed by atoms with E-state index in [-0.39, 0.29) is 0 Å². The highest BCUT2D eigenvalue weighted by atomic mass is 32.2. The standard InChI is InChI=1S/C16H13N3O2S3/c1-10-9-17-16(23-10)13-8-11-4-2-5-12(15(11)18-13)19-24(20,21)14-6-3-7-22-14/h2-9,18-19H,1H3. The number of thiophene rings is 1. The van der Waals surface area contributed by atoms with E-state index in [0.717, 1.165) is 26.5 Å². The second-order valence-electron chi connectivity index (χ2n) is 5.27. The lowest BCUT2D eigenvalue weighted by molar-refractivity contribution is 0.603. The van der Waals surface area contributed by atoms with Crippen LogP contribution in [0.1, 0.15) is 4.88 Å². The Morgan fingerprint density at radius 2 is 2.08 bits per heavy atom. The summed E-state index contributed by atoms with van der Waals surface area (Å²) in [5, 5.41) is 3.56. The van der Waals surface area contributed by atoms with Gasteiger partial charge < -0.3 is 4.98 Å². The predicted octanol–water partition coefficient (Wildman–Crippen LogP) is 4.46. The zero-order chi connectivity index (χ0) is 16.7. The van der Waals surface area contributed by atoms with Crippen LogP contribution in [0.5, 0.6) is 0 Å². The Bertz CT molecular complexity index is 1110. The minimum Gasteiger partial charge on any atom is -0.351 e. The molecule has 24 heavy (non-hydrogen) atoms. The maximum absolute atomic E-state index is 12.5. The number of rotatable bonds is 4. The van der Waals surface area contributed by atoms with Gasteiger partial charge in [0.15, 0.2) is 0 Å². The SMILES string of the molecule is Cc1cnc(-c2cc3cccc(NS(=O)(=O)c4cccs4)c3[nH]2)s1. The van der Waals surface area contributed by atoms with Gasteiger partial charge in [-0.2, -0.15) is 0 Å². The van der Waals surface area contributed by atoms with Crippen molar-refractivity contribution in [3.8, 4) is 10.7 Å². The van der Waals surface area contributed by atoms with E-state index in [2.05, 4.69) is 14.7 Å². The molecule has 0 aliphatic carbocycles. The smallest absolute Gasteiger partial charge is 0.271 e. The zero-order valence-electron chi connectivity index (χ0n) is 12.6. The number of fused-ring (bicyclic) bond motifs is 1. The van der Waals surface area contributed by atoms with Crippen LogP contribution in [-0.4, -0.2) is 18.4 Å². The average molecular weight is 376 g/mol. The van der Waals surface area contributed by atoms with Crippen LogP contribution in [0.4, 0.5) is 5.69 Å². The van der Waals surface area contributed by atoms with Crippen molar-refractivity contribution in [1.29, 1.82) is 0 Å². The molecule has 122 valence electrons. The summed E-state index contributed by atoms with van der Waals surface area (Å²) in [7, 11) is -3.58. The quantitative estimate of drug-likeness (QED) is 0.553. The van der Waals surface area contributed by atoms with Crippen molar-refractivity contribution in [3.05, 3.63) is 52.9 Å². The Morgan fingerprint density at radius 1 is 1.21 bits per heavy atom. The molecule has 3 heterocycles. The molecule has 0 aliphatic heterocycles. The van der Waals surface area contributed by atoms with E-state index in [1.54, 1.807) is 34.9 Å². The summed E-state index contributed by atoms with van der Waals surface area (Å²) in [6.07, 6.45) is 1.83. The number of aromatic amines is 1. The molecule has 0 saturated heterocycles. The van der Waals surface area contributed by atoms with Gasteiger partial charge in [-0.05, 0) is 30.5 Å². The fourth-order valence-corrected chi connectivity index (χ4v) is 5.25. The summed E-state index contributed by atoms with van der Waals surface area (Å²) < 4.78 is 27.9. The van der Waals surface area contributed by atoms with Crippen LogP contribution >= 0.6 is 22.7 Å². The molecule has 0 aliphatic rings. The van der Waals surface area contributed by atoms with Crippen molar-refractivity contribution in [2.24, 2.45) is 0 Å². The monoisotopic (exact) mass is 375 g/mol. The third-order valence-corrected chi connectivity index (χ3v) is 7.22. The summed E-state index contributed by atoms with van der Waals surface area (Å²) in [5.74, 6) is 0. The number of hydrogen-bond acceptors (Lipinski definition) is 5. The van der Waals surface area contributed by atoms with E-state index >= 15 is 0 Å². The number of nitrogens with one attached hydrogen (secondary N) is 2. The van der Waals surface area contributed by atoms with Gasteiger partial charge in [0.2, 0.25) is 0 Å². The first-order valence-corrected chi connectivity index (χ1v) is 10.3. The Labute approximate surface area is 147 Å². The largest absolute Gasteiger partial charge is 0.351 e. The van der Waals surface area contributed by atoms with E-state index in [1.807, 2.05) is 31.3 Å². The van der Waals surface area contributed by atoms with Crippen LogP contribution in [0.2, 0.25) is 0 Å². The van der Waals surface area contributed by atoms with Gasteiger partial charge in [0, 0.05) is 16.5 Å².